The first-order valence-corrected chi connectivity index (χ1v) is 11.5. The van der Waals surface area contributed by atoms with Gasteiger partial charge in [-0.1, -0.05) is 18.2 Å². The highest BCUT2D eigenvalue weighted by Crippen LogP contribution is 2.32. The second-order valence-corrected chi connectivity index (χ2v) is 8.73. The largest absolute Gasteiger partial charge is 0.417 e. The molecule has 0 aliphatic heterocycles. The van der Waals surface area contributed by atoms with Crippen LogP contribution in [0.25, 0.3) is 22.5 Å². The van der Waals surface area contributed by atoms with Crippen LogP contribution >= 0.6 is 0 Å². The van der Waals surface area contributed by atoms with Crippen molar-refractivity contribution in [1.29, 1.82) is 0 Å². The summed E-state index contributed by atoms with van der Waals surface area (Å²) in [4.78, 5) is 36.9. The topological polar surface area (TPSA) is 129 Å². The average molecular weight is 535 g/mol. The minimum Gasteiger partial charge on any atom is -0.366 e. The van der Waals surface area contributed by atoms with Crippen LogP contribution in [0, 0.1) is 6.92 Å². The number of halogens is 3. The minimum absolute atomic E-state index is 0.126. The van der Waals surface area contributed by atoms with Gasteiger partial charge in [0.2, 0.25) is 5.91 Å². The van der Waals surface area contributed by atoms with Crippen molar-refractivity contribution in [3.05, 3.63) is 99.9 Å². The minimum atomic E-state index is -4.74. The van der Waals surface area contributed by atoms with Crippen molar-refractivity contribution >= 4 is 23.0 Å². The number of aryl methyl sites for hydroxylation is 2. The number of carbonyl (C=O) groups is 2. The Morgan fingerprint density at radius 1 is 1.00 bits per heavy atom. The molecule has 0 aliphatic carbocycles. The number of nitrogens with two attached hydrogens (primary N) is 1. The maximum atomic E-state index is 13.7. The Kier molecular flexibility index (Phi) is 6.05. The Hall–Kier alpha value is -5.20. The number of hydrogen-bond donors (Lipinski definition) is 2. The second-order valence-electron chi connectivity index (χ2n) is 8.73. The molecule has 198 valence electrons. The second kappa shape index (κ2) is 9.28. The van der Waals surface area contributed by atoms with Crippen molar-refractivity contribution in [2.45, 2.75) is 13.1 Å². The molecule has 3 aromatic heterocycles. The summed E-state index contributed by atoms with van der Waals surface area (Å²) in [7, 11) is 1.54. The lowest BCUT2D eigenvalue weighted by Gasteiger charge is -2.11. The molecule has 39 heavy (non-hydrogen) atoms. The standard InChI is InChI=1S/C26H20F3N7O3/c1-14-32-34(2)25(39)36(14)19-8-6-15(7-9-19)21-12-22-20(11-17(26(27,28)29)13-35(22)33-21)24(38)31-18-5-3-4-16(10-18)23(30)37/h3-13H,1-2H3,(H2,30,37)(H,31,38). The summed E-state index contributed by atoms with van der Waals surface area (Å²) in [5, 5.41) is 10.9. The zero-order valence-corrected chi connectivity index (χ0v) is 20.5. The summed E-state index contributed by atoms with van der Waals surface area (Å²) in [6.07, 6.45) is -3.94. The fourth-order valence-corrected chi connectivity index (χ4v) is 4.19. The molecule has 0 fully saturated rings. The van der Waals surface area contributed by atoms with Gasteiger partial charge in [-0.15, -0.1) is 0 Å². The number of primary amides is 1. The molecule has 0 saturated carbocycles. The normalized spacial score (nSPS) is 11.6. The fourth-order valence-electron chi connectivity index (χ4n) is 4.19. The van der Waals surface area contributed by atoms with E-state index < -0.39 is 23.6 Å². The molecule has 0 aliphatic rings. The maximum Gasteiger partial charge on any atom is 0.417 e. The highest BCUT2D eigenvalue weighted by atomic mass is 19.4. The van der Waals surface area contributed by atoms with E-state index >= 15 is 0 Å². The molecule has 0 spiro atoms. The van der Waals surface area contributed by atoms with Crippen LogP contribution in [0.1, 0.15) is 32.1 Å². The van der Waals surface area contributed by atoms with Crippen LogP contribution in [0.3, 0.4) is 0 Å². The number of nitrogens with zero attached hydrogens (tertiary/aromatic N) is 5. The lowest BCUT2D eigenvalue weighted by molar-refractivity contribution is -0.137. The number of fused-ring (bicyclic) bond motifs is 1. The first kappa shape index (κ1) is 25.4. The number of aromatic nitrogens is 5. The van der Waals surface area contributed by atoms with Gasteiger partial charge in [0.1, 0.15) is 5.82 Å². The van der Waals surface area contributed by atoms with Gasteiger partial charge in [-0.05, 0) is 49.4 Å². The third-order valence-corrected chi connectivity index (χ3v) is 6.06. The number of nitrogens with one attached hydrogen (secondary N) is 1. The van der Waals surface area contributed by atoms with E-state index in [0.717, 1.165) is 16.8 Å². The molecule has 3 heterocycles. The molecular formula is C26H20F3N7O3. The summed E-state index contributed by atoms with van der Waals surface area (Å²) >= 11 is 0. The van der Waals surface area contributed by atoms with E-state index in [1.54, 1.807) is 31.2 Å². The number of anilines is 1. The van der Waals surface area contributed by atoms with Crippen molar-refractivity contribution in [3.8, 4) is 16.9 Å². The molecule has 5 rings (SSSR count). The maximum absolute atomic E-state index is 13.7. The van der Waals surface area contributed by atoms with Gasteiger partial charge < -0.3 is 11.1 Å². The Morgan fingerprint density at radius 3 is 2.33 bits per heavy atom. The number of rotatable bonds is 5. The first-order valence-electron chi connectivity index (χ1n) is 11.5. The Labute approximate surface area is 218 Å². The van der Waals surface area contributed by atoms with Crippen LogP contribution in [0.5, 0.6) is 0 Å². The van der Waals surface area contributed by atoms with Crippen molar-refractivity contribution in [3.63, 3.8) is 0 Å². The van der Waals surface area contributed by atoms with E-state index in [4.69, 9.17) is 5.73 Å². The third kappa shape index (κ3) is 4.77. The summed E-state index contributed by atoms with van der Waals surface area (Å²) in [5.41, 5.74) is 5.45. The zero-order chi connectivity index (χ0) is 28.1. The molecule has 0 radical (unpaired) electrons. The van der Waals surface area contributed by atoms with Gasteiger partial charge in [0.25, 0.3) is 5.91 Å². The van der Waals surface area contributed by atoms with Crippen LogP contribution in [0.4, 0.5) is 18.9 Å². The van der Waals surface area contributed by atoms with Crippen LogP contribution in [0.2, 0.25) is 0 Å². The molecule has 2 amide bonds. The molecule has 0 saturated heterocycles. The van der Waals surface area contributed by atoms with E-state index in [2.05, 4.69) is 15.5 Å². The van der Waals surface area contributed by atoms with Crippen LogP contribution < -0.4 is 16.7 Å². The number of hydrogen-bond acceptors (Lipinski definition) is 5. The Morgan fingerprint density at radius 2 is 1.72 bits per heavy atom. The van der Waals surface area contributed by atoms with Crippen molar-refractivity contribution in [1.82, 2.24) is 24.0 Å². The number of carbonyl (C=O) groups excluding carboxylic acids is 2. The van der Waals surface area contributed by atoms with Gasteiger partial charge in [0.05, 0.1) is 28.0 Å². The van der Waals surface area contributed by atoms with Gasteiger partial charge in [0.15, 0.2) is 0 Å². The van der Waals surface area contributed by atoms with E-state index in [1.165, 1.54) is 46.6 Å². The molecular weight excluding hydrogens is 515 g/mol. The molecule has 0 bridgehead atoms. The monoisotopic (exact) mass is 535 g/mol. The molecule has 0 unspecified atom stereocenters. The predicted octanol–water partition coefficient (Wildman–Crippen LogP) is 3.56. The highest BCUT2D eigenvalue weighted by Gasteiger charge is 2.33. The number of pyridine rings is 1. The van der Waals surface area contributed by atoms with Gasteiger partial charge in [-0.25, -0.2) is 18.6 Å². The molecule has 0 atom stereocenters. The smallest absolute Gasteiger partial charge is 0.366 e. The van der Waals surface area contributed by atoms with Crippen molar-refractivity contribution in [2.75, 3.05) is 5.32 Å². The number of benzene rings is 2. The summed E-state index contributed by atoms with van der Waals surface area (Å²) in [6, 6.07) is 14.6. The van der Waals surface area contributed by atoms with E-state index in [1.807, 2.05) is 0 Å². The molecule has 5 aromatic rings. The van der Waals surface area contributed by atoms with Crippen LogP contribution in [-0.2, 0) is 13.2 Å². The van der Waals surface area contributed by atoms with Gasteiger partial charge in [-0.3, -0.25) is 9.59 Å². The third-order valence-electron chi connectivity index (χ3n) is 6.06. The fraction of sp³-hybridized carbons (Fsp3) is 0.115. The predicted molar refractivity (Wildman–Crippen MR) is 136 cm³/mol. The van der Waals surface area contributed by atoms with Gasteiger partial charge >= 0.3 is 11.9 Å². The lowest BCUT2D eigenvalue weighted by Crippen LogP contribution is -2.21. The van der Waals surface area contributed by atoms with Crippen LogP contribution in [-0.4, -0.2) is 35.8 Å². The first-order chi connectivity index (χ1) is 18.4. The molecule has 2 aromatic carbocycles. The van der Waals surface area contributed by atoms with Crippen LogP contribution in [0.15, 0.2) is 71.7 Å². The van der Waals surface area contributed by atoms with Gasteiger partial charge in [-0.2, -0.15) is 23.4 Å². The molecule has 3 N–H and O–H groups in total. The highest BCUT2D eigenvalue weighted by molar-refractivity contribution is 6.09. The summed E-state index contributed by atoms with van der Waals surface area (Å²) < 4.78 is 44.6. The van der Waals surface area contributed by atoms with E-state index in [-0.39, 0.29) is 28.0 Å². The Bertz CT molecular complexity index is 1820. The van der Waals surface area contributed by atoms with E-state index in [9.17, 15) is 27.6 Å². The number of alkyl halides is 3. The Balaban J connectivity index is 1.56. The zero-order valence-electron chi connectivity index (χ0n) is 20.5. The van der Waals surface area contributed by atoms with Crippen molar-refractivity contribution in [2.24, 2.45) is 12.8 Å². The molecule has 10 nitrogen and oxygen atoms in total. The summed E-state index contributed by atoms with van der Waals surface area (Å²) in [6.45, 7) is 1.69. The molecule has 13 heteroatoms. The SMILES string of the molecule is Cc1nn(C)c(=O)n1-c1ccc(-c2cc3c(C(=O)Nc4cccc(C(N)=O)c4)cc(C(F)(F)F)cn3n2)cc1. The lowest BCUT2D eigenvalue weighted by atomic mass is 10.1. The average Bonchev–Trinajstić information content (AvgIpc) is 3.43. The van der Waals surface area contributed by atoms with E-state index in [0.29, 0.717) is 22.8 Å². The summed E-state index contributed by atoms with van der Waals surface area (Å²) in [5.74, 6) is -1.07. The quantitative estimate of drug-likeness (QED) is 0.356. The number of amides is 2. The van der Waals surface area contributed by atoms with Gasteiger partial charge in [0, 0.05) is 30.1 Å². The van der Waals surface area contributed by atoms with Crippen molar-refractivity contribution < 1.29 is 22.8 Å².